The van der Waals surface area contributed by atoms with Crippen LogP contribution in [-0.2, 0) is 9.53 Å². The van der Waals surface area contributed by atoms with E-state index in [1.54, 1.807) is 55.5 Å². The van der Waals surface area contributed by atoms with E-state index in [1.807, 2.05) is 0 Å². The summed E-state index contributed by atoms with van der Waals surface area (Å²) < 4.78 is 29.9. The molecule has 0 spiro atoms. The van der Waals surface area contributed by atoms with Crippen molar-refractivity contribution in [1.29, 1.82) is 0 Å². The number of alkyl halides is 1. The summed E-state index contributed by atoms with van der Waals surface area (Å²) in [6.07, 6.45) is 0.130. The predicted octanol–water partition coefficient (Wildman–Crippen LogP) is 4.25. The number of halogens is 1. The molecule has 0 fully saturated rings. The Morgan fingerprint density at radius 2 is 1.92 bits per heavy atom. The van der Waals surface area contributed by atoms with Crippen molar-refractivity contribution < 1.29 is 28.5 Å². The highest BCUT2D eigenvalue weighted by atomic mass is 19.1. The van der Waals surface area contributed by atoms with Gasteiger partial charge in [0.15, 0.2) is 6.17 Å². The first kappa shape index (κ1) is 19.3. The van der Waals surface area contributed by atoms with Gasteiger partial charge in [-0.2, -0.15) is 0 Å². The number of rotatable bonds is 9. The van der Waals surface area contributed by atoms with Crippen LogP contribution in [0.5, 0.6) is 11.5 Å². The minimum absolute atomic E-state index is 0.136. The first-order valence-electron chi connectivity index (χ1n) is 8.12. The van der Waals surface area contributed by atoms with Crippen molar-refractivity contribution in [3.63, 3.8) is 0 Å². The zero-order chi connectivity index (χ0) is 18.9. The summed E-state index contributed by atoms with van der Waals surface area (Å²) in [7, 11) is 1.53. The molecule has 6 heteroatoms. The predicted molar refractivity (Wildman–Crippen MR) is 96.0 cm³/mol. The minimum Gasteiger partial charge on any atom is -0.497 e. The smallest absolute Gasteiger partial charge is 0.371 e. The number of benzene rings is 2. The quantitative estimate of drug-likeness (QED) is 0.535. The van der Waals surface area contributed by atoms with Gasteiger partial charge in [-0.3, -0.25) is 0 Å². The fourth-order valence-electron chi connectivity index (χ4n) is 2.23. The lowest BCUT2D eigenvalue weighted by atomic mass is 10.1. The molecule has 0 heterocycles. The van der Waals surface area contributed by atoms with Gasteiger partial charge in [0.2, 0.25) is 5.76 Å². The van der Waals surface area contributed by atoms with Crippen LogP contribution in [0.15, 0.2) is 54.3 Å². The molecular formula is C20H21FO5. The zero-order valence-electron chi connectivity index (χ0n) is 14.6. The third-order valence-electron chi connectivity index (χ3n) is 3.54. The highest BCUT2D eigenvalue weighted by Crippen LogP contribution is 2.23. The Morgan fingerprint density at radius 3 is 2.54 bits per heavy atom. The van der Waals surface area contributed by atoms with Crippen LogP contribution < -0.4 is 9.47 Å². The van der Waals surface area contributed by atoms with Gasteiger partial charge >= 0.3 is 5.97 Å². The van der Waals surface area contributed by atoms with E-state index < -0.39 is 12.1 Å². The Labute approximate surface area is 151 Å². The molecule has 0 bridgehead atoms. The molecule has 0 aliphatic carbocycles. The number of hydrogen-bond donors (Lipinski definition) is 1. The maximum Gasteiger partial charge on any atom is 0.371 e. The second-order valence-corrected chi connectivity index (χ2v) is 5.37. The van der Waals surface area contributed by atoms with Crippen LogP contribution in [-0.4, -0.2) is 31.4 Å². The van der Waals surface area contributed by atoms with Crippen LogP contribution in [0.1, 0.15) is 24.2 Å². The van der Waals surface area contributed by atoms with Gasteiger partial charge in [0.05, 0.1) is 13.7 Å². The van der Waals surface area contributed by atoms with E-state index in [1.165, 1.54) is 13.2 Å². The molecule has 2 aromatic carbocycles. The molecule has 0 radical (unpaired) electrons. The number of carboxylic acids is 1. The Morgan fingerprint density at radius 1 is 1.19 bits per heavy atom. The van der Waals surface area contributed by atoms with Crippen molar-refractivity contribution in [2.75, 3.05) is 20.3 Å². The standard InChI is InChI=1S/C20H21FO5/c1-3-25-19(20(22)23)11-14-7-9-16(10-8-14)26-13-18(21)15-5-4-6-17(12-15)24-2/h4-12,18H,3,13H2,1-2H3,(H,22,23). The van der Waals surface area contributed by atoms with E-state index in [4.69, 9.17) is 19.3 Å². The minimum atomic E-state index is -1.29. The second kappa shape index (κ2) is 9.46. The highest BCUT2D eigenvalue weighted by Gasteiger charge is 2.12. The molecule has 0 aliphatic heterocycles. The molecular weight excluding hydrogens is 339 g/mol. The molecule has 0 amide bonds. The van der Waals surface area contributed by atoms with E-state index in [0.29, 0.717) is 22.6 Å². The fourth-order valence-corrected chi connectivity index (χ4v) is 2.23. The van der Waals surface area contributed by atoms with Gasteiger partial charge in [0.25, 0.3) is 0 Å². The normalized spacial score (nSPS) is 12.3. The lowest BCUT2D eigenvalue weighted by molar-refractivity contribution is -0.136. The average molecular weight is 360 g/mol. The molecule has 0 aromatic heterocycles. The van der Waals surface area contributed by atoms with E-state index >= 15 is 0 Å². The largest absolute Gasteiger partial charge is 0.497 e. The second-order valence-electron chi connectivity index (χ2n) is 5.37. The van der Waals surface area contributed by atoms with Crippen molar-refractivity contribution in [3.05, 3.63) is 65.4 Å². The Hall–Kier alpha value is -3.02. The van der Waals surface area contributed by atoms with Crippen molar-refractivity contribution in [3.8, 4) is 11.5 Å². The van der Waals surface area contributed by atoms with Crippen LogP contribution in [0, 0.1) is 0 Å². The van der Waals surface area contributed by atoms with E-state index in [9.17, 15) is 9.18 Å². The maximum absolute atomic E-state index is 14.3. The van der Waals surface area contributed by atoms with Gasteiger partial charge in [-0.05, 0) is 48.4 Å². The van der Waals surface area contributed by atoms with Crippen LogP contribution in [0.2, 0.25) is 0 Å². The molecule has 2 aromatic rings. The van der Waals surface area contributed by atoms with Gasteiger partial charge in [-0.1, -0.05) is 24.3 Å². The van der Waals surface area contributed by atoms with Crippen molar-refractivity contribution >= 4 is 12.0 Å². The molecule has 2 rings (SSSR count). The van der Waals surface area contributed by atoms with Crippen LogP contribution in [0.4, 0.5) is 4.39 Å². The molecule has 0 aliphatic rings. The summed E-state index contributed by atoms with van der Waals surface area (Å²) in [5.41, 5.74) is 1.12. The highest BCUT2D eigenvalue weighted by molar-refractivity contribution is 5.89. The number of carbonyl (C=O) groups is 1. The summed E-state index contributed by atoms with van der Waals surface area (Å²) >= 11 is 0. The van der Waals surface area contributed by atoms with Crippen molar-refractivity contribution in [1.82, 2.24) is 0 Å². The number of methoxy groups -OCH3 is 1. The molecule has 1 unspecified atom stereocenters. The zero-order valence-corrected chi connectivity index (χ0v) is 14.6. The maximum atomic E-state index is 14.3. The number of carboxylic acid groups (broad SMARTS) is 1. The number of ether oxygens (including phenoxy) is 3. The Kier molecular flexibility index (Phi) is 7.02. The summed E-state index contributed by atoms with van der Waals surface area (Å²) in [4.78, 5) is 11.1. The molecule has 1 atom stereocenters. The van der Waals surface area contributed by atoms with Gasteiger partial charge in [-0.25, -0.2) is 9.18 Å². The topological polar surface area (TPSA) is 65.0 Å². The van der Waals surface area contributed by atoms with Crippen LogP contribution in [0.3, 0.4) is 0 Å². The summed E-state index contributed by atoms with van der Waals surface area (Å²) in [5.74, 6) is -0.195. The number of aliphatic carboxylic acids is 1. The monoisotopic (exact) mass is 360 g/mol. The van der Waals surface area contributed by atoms with Crippen LogP contribution >= 0.6 is 0 Å². The SMILES string of the molecule is CCOC(=Cc1ccc(OCC(F)c2cccc(OC)c2)cc1)C(=O)O. The molecule has 138 valence electrons. The van der Waals surface area contributed by atoms with Crippen LogP contribution in [0.25, 0.3) is 6.08 Å². The third kappa shape index (κ3) is 5.51. The summed E-state index contributed by atoms with van der Waals surface area (Å²) in [5, 5.41) is 9.04. The summed E-state index contributed by atoms with van der Waals surface area (Å²) in [6, 6.07) is 13.4. The lowest BCUT2D eigenvalue weighted by Gasteiger charge is -2.12. The fraction of sp³-hybridized carbons (Fsp3) is 0.250. The molecule has 0 saturated carbocycles. The van der Waals surface area contributed by atoms with Crippen molar-refractivity contribution in [2.45, 2.75) is 13.1 Å². The average Bonchev–Trinajstić information content (AvgIpc) is 2.66. The molecule has 0 saturated heterocycles. The molecule has 1 N–H and O–H groups in total. The number of hydrogen-bond acceptors (Lipinski definition) is 4. The van der Waals surface area contributed by atoms with Gasteiger partial charge in [0.1, 0.15) is 18.1 Å². The summed E-state index contributed by atoms with van der Waals surface area (Å²) in [6.45, 7) is 1.84. The van der Waals surface area contributed by atoms with Gasteiger partial charge < -0.3 is 19.3 Å². The molecule has 26 heavy (non-hydrogen) atoms. The Balaban J connectivity index is 1.98. The van der Waals surface area contributed by atoms with E-state index in [0.717, 1.165) is 0 Å². The van der Waals surface area contributed by atoms with Gasteiger partial charge in [0, 0.05) is 0 Å². The van der Waals surface area contributed by atoms with E-state index in [-0.39, 0.29) is 19.0 Å². The Bertz CT molecular complexity index is 755. The third-order valence-corrected chi connectivity index (χ3v) is 3.54. The van der Waals surface area contributed by atoms with E-state index in [2.05, 4.69) is 0 Å². The molecule has 5 nitrogen and oxygen atoms in total. The lowest BCUT2D eigenvalue weighted by Crippen LogP contribution is -2.06. The van der Waals surface area contributed by atoms with Gasteiger partial charge in [-0.15, -0.1) is 0 Å². The first-order chi connectivity index (χ1) is 12.5. The first-order valence-corrected chi connectivity index (χ1v) is 8.12. The van der Waals surface area contributed by atoms with Crippen molar-refractivity contribution in [2.24, 2.45) is 0 Å².